The van der Waals surface area contributed by atoms with Gasteiger partial charge >= 0.3 is 0 Å². The molecule has 0 amide bonds. The van der Waals surface area contributed by atoms with Crippen LogP contribution in [-0.2, 0) is 18.3 Å². The van der Waals surface area contributed by atoms with Crippen LogP contribution in [0.5, 0.6) is 0 Å². The van der Waals surface area contributed by atoms with Crippen molar-refractivity contribution in [1.29, 1.82) is 0 Å². The van der Waals surface area contributed by atoms with Crippen molar-refractivity contribution >= 4 is 5.69 Å². The van der Waals surface area contributed by atoms with Gasteiger partial charge in [-0.1, -0.05) is 0 Å². The number of nitrogens with zero attached hydrogens (tertiary/aromatic N) is 4. The van der Waals surface area contributed by atoms with E-state index in [0.717, 1.165) is 68.9 Å². The van der Waals surface area contributed by atoms with Crippen LogP contribution >= 0.6 is 0 Å². The number of methoxy groups -OCH3 is 1. The number of nitrogens with one attached hydrogen (secondary N) is 1. The summed E-state index contributed by atoms with van der Waals surface area (Å²) in [6.07, 6.45) is 5.38. The fourth-order valence-electron chi connectivity index (χ4n) is 3.70. The van der Waals surface area contributed by atoms with Gasteiger partial charge in [0.15, 0.2) is 0 Å². The van der Waals surface area contributed by atoms with Crippen LogP contribution in [0.25, 0.3) is 11.3 Å². The Kier molecular flexibility index (Phi) is 7.13. The SMILES string of the molecule is COCCCN1CCC(NCc2cn(C)nc2-c2ccc([N+](=O)[O-])cc2)CC1. The standard InChI is InChI=1S/C20H29N5O3/c1-23-15-17(20(22-23)16-4-6-19(7-5-16)25(26)27)14-21-18-8-11-24(12-9-18)10-3-13-28-2/h4-7,15,18,21H,3,8-14H2,1-2H3. The minimum Gasteiger partial charge on any atom is -0.385 e. The van der Waals surface area contributed by atoms with Gasteiger partial charge in [-0.2, -0.15) is 5.10 Å². The molecule has 1 aromatic carbocycles. The molecule has 1 aliphatic heterocycles. The smallest absolute Gasteiger partial charge is 0.269 e. The zero-order chi connectivity index (χ0) is 19.9. The van der Waals surface area contributed by atoms with Crippen LogP contribution in [0.1, 0.15) is 24.8 Å². The first-order chi connectivity index (χ1) is 13.6. The van der Waals surface area contributed by atoms with Gasteiger partial charge < -0.3 is 15.0 Å². The van der Waals surface area contributed by atoms with Crippen LogP contribution in [-0.4, -0.2) is 59.0 Å². The lowest BCUT2D eigenvalue weighted by Crippen LogP contribution is -2.42. The number of rotatable bonds is 9. The zero-order valence-corrected chi connectivity index (χ0v) is 16.6. The molecule has 28 heavy (non-hydrogen) atoms. The summed E-state index contributed by atoms with van der Waals surface area (Å²) in [6, 6.07) is 7.09. The summed E-state index contributed by atoms with van der Waals surface area (Å²) in [5.41, 5.74) is 2.98. The maximum absolute atomic E-state index is 10.9. The van der Waals surface area contributed by atoms with Gasteiger partial charge in [-0.15, -0.1) is 0 Å². The lowest BCUT2D eigenvalue weighted by molar-refractivity contribution is -0.384. The fourth-order valence-corrected chi connectivity index (χ4v) is 3.70. The highest BCUT2D eigenvalue weighted by Crippen LogP contribution is 2.24. The molecule has 0 aliphatic carbocycles. The molecule has 1 N–H and O–H groups in total. The number of hydrogen-bond acceptors (Lipinski definition) is 6. The number of aromatic nitrogens is 2. The molecule has 0 saturated carbocycles. The van der Waals surface area contributed by atoms with E-state index in [1.807, 2.05) is 13.2 Å². The molecule has 1 aliphatic rings. The van der Waals surface area contributed by atoms with Crippen molar-refractivity contribution in [3.05, 3.63) is 46.1 Å². The molecule has 1 fully saturated rings. The molecule has 2 heterocycles. The summed E-state index contributed by atoms with van der Waals surface area (Å²) in [5.74, 6) is 0. The maximum atomic E-state index is 10.9. The number of likely N-dealkylation sites (tertiary alicyclic amines) is 1. The summed E-state index contributed by atoms with van der Waals surface area (Å²) >= 11 is 0. The monoisotopic (exact) mass is 387 g/mol. The van der Waals surface area contributed by atoms with Gasteiger partial charge in [-0.3, -0.25) is 14.8 Å². The largest absolute Gasteiger partial charge is 0.385 e. The molecular weight excluding hydrogens is 358 g/mol. The Morgan fingerprint density at radius 3 is 2.64 bits per heavy atom. The summed E-state index contributed by atoms with van der Waals surface area (Å²) in [7, 11) is 3.65. The van der Waals surface area contributed by atoms with Gasteiger partial charge in [0.2, 0.25) is 0 Å². The van der Waals surface area contributed by atoms with Crippen molar-refractivity contribution in [3.8, 4) is 11.3 Å². The van der Waals surface area contributed by atoms with E-state index in [-0.39, 0.29) is 10.6 Å². The molecular formula is C20H29N5O3. The Balaban J connectivity index is 1.55. The summed E-state index contributed by atoms with van der Waals surface area (Å²) in [5, 5.41) is 19.1. The number of nitro groups is 1. The highest BCUT2D eigenvalue weighted by atomic mass is 16.6. The Hall–Kier alpha value is -2.29. The first-order valence-corrected chi connectivity index (χ1v) is 9.79. The second-order valence-corrected chi connectivity index (χ2v) is 7.32. The maximum Gasteiger partial charge on any atom is 0.269 e. The van der Waals surface area contributed by atoms with E-state index in [1.165, 1.54) is 12.1 Å². The third-order valence-electron chi connectivity index (χ3n) is 5.25. The molecule has 0 radical (unpaired) electrons. The lowest BCUT2D eigenvalue weighted by atomic mass is 10.0. The summed E-state index contributed by atoms with van der Waals surface area (Å²) in [4.78, 5) is 13.0. The van der Waals surface area contributed by atoms with Crippen LogP contribution in [0, 0.1) is 10.1 Å². The normalized spacial score (nSPS) is 15.8. The Morgan fingerprint density at radius 2 is 2.00 bits per heavy atom. The van der Waals surface area contributed by atoms with Crippen molar-refractivity contribution in [2.75, 3.05) is 33.4 Å². The average molecular weight is 387 g/mol. The number of ether oxygens (including phenoxy) is 1. The van der Waals surface area contributed by atoms with Crippen LogP contribution in [0.3, 0.4) is 0 Å². The molecule has 8 heteroatoms. The highest BCUT2D eigenvalue weighted by molar-refractivity contribution is 5.64. The predicted molar refractivity (Wildman–Crippen MR) is 108 cm³/mol. The Morgan fingerprint density at radius 1 is 1.29 bits per heavy atom. The molecule has 2 aromatic rings. The van der Waals surface area contributed by atoms with E-state index in [0.29, 0.717) is 6.04 Å². The fraction of sp³-hybridized carbons (Fsp3) is 0.550. The van der Waals surface area contributed by atoms with Gasteiger partial charge in [0.05, 0.1) is 10.6 Å². The van der Waals surface area contributed by atoms with Crippen LogP contribution in [0.2, 0.25) is 0 Å². The minimum atomic E-state index is -0.383. The third-order valence-corrected chi connectivity index (χ3v) is 5.25. The van der Waals surface area contributed by atoms with Crippen molar-refractivity contribution in [2.45, 2.75) is 31.8 Å². The molecule has 1 aromatic heterocycles. The first-order valence-electron chi connectivity index (χ1n) is 9.79. The van der Waals surface area contributed by atoms with Gasteiger partial charge in [0.25, 0.3) is 5.69 Å². The molecule has 0 spiro atoms. The van der Waals surface area contributed by atoms with Gasteiger partial charge in [0, 0.05) is 69.4 Å². The lowest BCUT2D eigenvalue weighted by Gasteiger charge is -2.32. The van der Waals surface area contributed by atoms with Gasteiger partial charge in [-0.25, -0.2) is 0 Å². The van der Waals surface area contributed by atoms with Crippen LogP contribution < -0.4 is 5.32 Å². The average Bonchev–Trinajstić information content (AvgIpc) is 3.08. The number of aryl methyl sites for hydroxylation is 1. The van der Waals surface area contributed by atoms with Crippen molar-refractivity contribution in [1.82, 2.24) is 20.0 Å². The molecule has 0 atom stereocenters. The molecule has 0 bridgehead atoms. The van der Waals surface area contributed by atoms with Crippen molar-refractivity contribution in [3.63, 3.8) is 0 Å². The van der Waals surface area contributed by atoms with E-state index in [9.17, 15) is 10.1 Å². The third kappa shape index (κ3) is 5.37. The topological polar surface area (TPSA) is 85.5 Å². The second kappa shape index (κ2) is 9.77. The van der Waals surface area contributed by atoms with E-state index < -0.39 is 0 Å². The summed E-state index contributed by atoms with van der Waals surface area (Å²) in [6.45, 7) is 4.90. The van der Waals surface area contributed by atoms with E-state index in [4.69, 9.17) is 4.74 Å². The van der Waals surface area contributed by atoms with Gasteiger partial charge in [0.1, 0.15) is 0 Å². The van der Waals surface area contributed by atoms with E-state index in [2.05, 4.69) is 15.3 Å². The second-order valence-electron chi connectivity index (χ2n) is 7.32. The van der Waals surface area contributed by atoms with E-state index in [1.54, 1.807) is 23.9 Å². The number of benzene rings is 1. The molecule has 152 valence electrons. The highest BCUT2D eigenvalue weighted by Gasteiger charge is 2.19. The van der Waals surface area contributed by atoms with Crippen LogP contribution in [0.4, 0.5) is 5.69 Å². The van der Waals surface area contributed by atoms with Crippen molar-refractivity contribution in [2.24, 2.45) is 7.05 Å². The van der Waals surface area contributed by atoms with Crippen molar-refractivity contribution < 1.29 is 9.66 Å². The predicted octanol–water partition coefficient (Wildman–Crippen LogP) is 2.59. The molecule has 3 rings (SSSR count). The quantitative estimate of drug-likeness (QED) is 0.404. The number of non-ortho nitro benzene ring substituents is 1. The number of hydrogen-bond donors (Lipinski definition) is 1. The molecule has 0 unspecified atom stereocenters. The Labute approximate surface area is 165 Å². The number of nitro benzene ring substituents is 1. The summed E-state index contributed by atoms with van der Waals surface area (Å²) < 4.78 is 6.93. The van der Waals surface area contributed by atoms with E-state index >= 15 is 0 Å². The Bertz CT molecular complexity index is 767. The van der Waals surface area contributed by atoms with Crippen LogP contribution in [0.15, 0.2) is 30.5 Å². The minimum absolute atomic E-state index is 0.0941. The molecule has 1 saturated heterocycles. The first kappa shape index (κ1) is 20.4. The number of piperidine rings is 1. The zero-order valence-electron chi connectivity index (χ0n) is 16.6. The van der Waals surface area contributed by atoms with Gasteiger partial charge in [-0.05, 0) is 44.5 Å². The molecule has 8 nitrogen and oxygen atoms in total.